The fourth-order valence-electron chi connectivity index (χ4n) is 3.94. The Kier molecular flexibility index (Phi) is 6.68. The van der Waals surface area contributed by atoms with Crippen molar-refractivity contribution in [2.75, 3.05) is 0 Å². The van der Waals surface area contributed by atoms with Crippen LogP contribution in [0.4, 0.5) is 0 Å². The maximum atomic E-state index is 14.1. The van der Waals surface area contributed by atoms with E-state index in [0.717, 1.165) is 23.1 Å². The van der Waals surface area contributed by atoms with Gasteiger partial charge < -0.3 is 11.1 Å². The smallest absolute Gasteiger partial charge is 0.240 e. The predicted octanol–water partition coefficient (Wildman–Crippen LogP) is 4.04. The molecule has 0 unspecified atom stereocenters. The van der Waals surface area contributed by atoms with E-state index in [1.165, 1.54) is 0 Å². The van der Waals surface area contributed by atoms with Crippen LogP contribution in [0.25, 0.3) is 0 Å². The molecule has 0 heterocycles. The standard InChI is InChI=1S/C26H28N2O2/c1-3-19(2)23(24(27)29)28-25(30)26(20-13-7-4-8-14-20,21-15-9-5-10-16-21)22-17-11-6-12-18-22/h4-19,23H,3H2,1-2H3,(H2,27,29)(H,28,30)/t19-,23+/m0/s1. The number of amides is 2. The summed E-state index contributed by atoms with van der Waals surface area (Å²) in [5.41, 5.74) is 7.03. The predicted molar refractivity (Wildman–Crippen MR) is 120 cm³/mol. The lowest BCUT2D eigenvalue weighted by molar-refractivity contribution is -0.130. The molecule has 0 spiro atoms. The van der Waals surface area contributed by atoms with Gasteiger partial charge in [-0.2, -0.15) is 0 Å². The van der Waals surface area contributed by atoms with Crippen LogP contribution in [0.15, 0.2) is 91.0 Å². The van der Waals surface area contributed by atoms with Crippen LogP contribution in [-0.4, -0.2) is 17.9 Å². The SMILES string of the molecule is CC[C@H](C)[C@@H](NC(=O)C(c1ccccc1)(c1ccccc1)c1ccccc1)C(N)=O. The molecule has 154 valence electrons. The van der Waals surface area contributed by atoms with Gasteiger partial charge in [-0.15, -0.1) is 0 Å². The molecule has 0 radical (unpaired) electrons. The molecule has 0 saturated carbocycles. The van der Waals surface area contributed by atoms with E-state index < -0.39 is 17.4 Å². The van der Waals surface area contributed by atoms with Gasteiger partial charge >= 0.3 is 0 Å². The van der Waals surface area contributed by atoms with Gasteiger partial charge in [0.1, 0.15) is 11.5 Å². The first-order valence-electron chi connectivity index (χ1n) is 10.3. The average molecular weight is 401 g/mol. The summed E-state index contributed by atoms with van der Waals surface area (Å²) in [7, 11) is 0. The third-order valence-electron chi connectivity index (χ3n) is 5.77. The van der Waals surface area contributed by atoms with Crippen molar-refractivity contribution in [1.82, 2.24) is 5.32 Å². The van der Waals surface area contributed by atoms with Crippen molar-refractivity contribution < 1.29 is 9.59 Å². The summed E-state index contributed by atoms with van der Waals surface area (Å²) in [4.78, 5) is 26.3. The highest BCUT2D eigenvalue weighted by atomic mass is 16.2. The number of carbonyl (C=O) groups is 2. The largest absolute Gasteiger partial charge is 0.368 e. The highest BCUT2D eigenvalue weighted by Gasteiger charge is 2.45. The Morgan fingerprint density at radius 2 is 1.17 bits per heavy atom. The first-order chi connectivity index (χ1) is 14.5. The third-order valence-corrected chi connectivity index (χ3v) is 5.77. The van der Waals surface area contributed by atoms with E-state index in [1.54, 1.807) is 0 Å². The monoisotopic (exact) mass is 400 g/mol. The van der Waals surface area contributed by atoms with Crippen LogP contribution < -0.4 is 11.1 Å². The van der Waals surface area contributed by atoms with Crippen molar-refractivity contribution in [3.63, 3.8) is 0 Å². The van der Waals surface area contributed by atoms with Crippen LogP contribution in [0, 0.1) is 5.92 Å². The highest BCUT2D eigenvalue weighted by Crippen LogP contribution is 2.39. The first kappa shape index (κ1) is 21.3. The number of rotatable bonds is 8. The van der Waals surface area contributed by atoms with Gasteiger partial charge in [-0.25, -0.2) is 0 Å². The minimum atomic E-state index is -1.12. The number of nitrogens with one attached hydrogen (secondary N) is 1. The Morgan fingerprint density at radius 1 is 0.800 bits per heavy atom. The summed E-state index contributed by atoms with van der Waals surface area (Å²) in [6, 6.07) is 28.2. The molecule has 3 rings (SSSR count). The normalized spacial score (nSPS) is 13.3. The van der Waals surface area contributed by atoms with E-state index in [4.69, 9.17) is 5.73 Å². The zero-order valence-corrected chi connectivity index (χ0v) is 17.4. The summed E-state index contributed by atoms with van der Waals surface area (Å²) in [5.74, 6) is -0.873. The molecule has 2 amide bonds. The van der Waals surface area contributed by atoms with Crippen LogP contribution in [0.3, 0.4) is 0 Å². The number of carbonyl (C=O) groups excluding carboxylic acids is 2. The molecule has 0 aliphatic carbocycles. The molecule has 3 aromatic rings. The van der Waals surface area contributed by atoms with Crippen molar-refractivity contribution >= 4 is 11.8 Å². The Bertz CT molecular complexity index is 875. The maximum Gasteiger partial charge on any atom is 0.240 e. The van der Waals surface area contributed by atoms with Gasteiger partial charge in [0.15, 0.2) is 0 Å². The third kappa shape index (κ3) is 3.99. The molecule has 4 heteroatoms. The van der Waals surface area contributed by atoms with Gasteiger partial charge in [-0.1, -0.05) is 111 Å². The van der Waals surface area contributed by atoms with Crippen LogP contribution >= 0.6 is 0 Å². The van der Waals surface area contributed by atoms with Crippen molar-refractivity contribution in [2.24, 2.45) is 11.7 Å². The zero-order valence-electron chi connectivity index (χ0n) is 17.4. The van der Waals surface area contributed by atoms with Gasteiger partial charge in [0.05, 0.1) is 0 Å². The highest BCUT2D eigenvalue weighted by molar-refractivity contribution is 5.98. The van der Waals surface area contributed by atoms with E-state index in [2.05, 4.69) is 5.32 Å². The zero-order chi connectivity index (χ0) is 21.6. The number of primary amides is 1. The minimum Gasteiger partial charge on any atom is -0.368 e. The molecule has 0 aliphatic heterocycles. The molecule has 30 heavy (non-hydrogen) atoms. The van der Waals surface area contributed by atoms with Gasteiger partial charge in [0.25, 0.3) is 0 Å². The summed E-state index contributed by atoms with van der Waals surface area (Å²) >= 11 is 0. The quantitative estimate of drug-likeness (QED) is 0.560. The lowest BCUT2D eigenvalue weighted by atomic mass is 9.68. The Hall–Kier alpha value is -3.40. The summed E-state index contributed by atoms with van der Waals surface area (Å²) in [5, 5.41) is 2.99. The second-order valence-electron chi connectivity index (χ2n) is 7.59. The molecule has 0 bridgehead atoms. The molecule has 3 N–H and O–H groups in total. The summed E-state index contributed by atoms with van der Waals surface area (Å²) in [6.07, 6.45) is 0.725. The maximum absolute atomic E-state index is 14.1. The van der Waals surface area contributed by atoms with Crippen LogP contribution in [-0.2, 0) is 15.0 Å². The molecular formula is C26H28N2O2. The molecule has 3 aromatic carbocycles. The molecule has 0 fully saturated rings. The average Bonchev–Trinajstić information content (AvgIpc) is 2.79. The lowest BCUT2D eigenvalue weighted by Crippen LogP contribution is -2.55. The van der Waals surface area contributed by atoms with Crippen molar-refractivity contribution in [3.05, 3.63) is 108 Å². The topological polar surface area (TPSA) is 72.2 Å². The minimum absolute atomic E-state index is 0.0773. The fraction of sp³-hybridized carbons (Fsp3) is 0.231. The summed E-state index contributed by atoms with van der Waals surface area (Å²) < 4.78 is 0. The van der Waals surface area contributed by atoms with Crippen molar-refractivity contribution in [2.45, 2.75) is 31.7 Å². The molecular weight excluding hydrogens is 372 g/mol. The van der Waals surface area contributed by atoms with Gasteiger partial charge in [0, 0.05) is 0 Å². The number of nitrogens with two attached hydrogens (primary N) is 1. The van der Waals surface area contributed by atoms with Crippen LogP contribution in [0.2, 0.25) is 0 Å². The van der Waals surface area contributed by atoms with Gasteiger partial charge in [-0.05, 0) is 22.6 Å². The van der Waals surface area contributed by atoms with Crippen molar-refractivity contribution in [1.29, 1.82) is 0 Å². The summed E-state index contributed by atoms with van der Waals surface area (Å²) in [6.45, 7) is 3.90. The molecule has 0 saturated heterocycles. The van der Waals surface area contributed by atoms with E-state index in [-0.39, 0.29) is 11.8 Å². The molecule has 2 atom stereocenters. The number of hydrogen-bond donors (Lipinski definition) is 2. The Balaban J connectivity index is 2.26. The Labute approximate surface area is 178 Å². The van der Waals surface area contributed by atoms with Crippen molar-refractivity contribution in [3.8, 4) is 0 Å². The number of benzene rings is 3. The molecule has 0 aliphatic rings. The second kappa shape index (κ2) is 9.40. The van der Waals surface area contributed by atoms with Crippen LogP contribution in [0.5, 0.6) is 0 Å². The fourth-order valence-corrected chi connectivity index (χ4v) is 3.94. The lowest BCUT2D eigenvalue weighted by Gasteiger charge is -2.36. The second-order valence-corrected chi connectivity index (χ2v) is 7.59. The molecule has 0 aromatic heterocycles. The van der Waals surface area contributed by atoms with E-state index in [9.17, 15) is 9.59 Å². The molecule has 4 nitrogen and oxygen atoms in total. The van der Waals surface area contributed by atoms with Gasteiger partial charge in [0.2, 0.25) is 11.8 Å². The van der Waals surface area contributed by atoms with Crippen LogP contribution in [0.1, 0.15) is 37.0 Å². The van der Waals surface area contributed by atoms with E-state index in [0.29, 0.717) is 0 Å². The van der Waals surface area contributed by atoms with E-state index in [1.807, 2.05) is 105 Å². The van der Waals surface area contributed by atoms with Gasteiger partial charge in [-0.3, -0.25) is 9.59 Å². The van der Waals surface area contributed by atoms with E-state index >= 15 is 0 Å². The first-order valence-corrected chi connectivity index (χ1v) is 10.3. The Morgan fingerprint density at radius 3 is 1.47 bits per heavy atom. The number of hydrogen-bond acceptors (Lipinski definition) is 2.